The van der Waals surface area contributed by atoms with Crippen LogP contribution in [0.1, 0.15) is 40.0 Å². The summed E-state index contributed by atoms with van der Waals surface area (Å²) >= 11 is 0. The van der Waals surface area contributed by atoms with Gasteiger partial charge in [-0.15, -0.1) is 0 Å². The van der Waals surface area contributed by atoms with Crippen LogP contribution in [0.5, 0.6) is 0 Å². The van der Waals surface area contributed by atoms with E-state index in [1.807, 2.05) is 0 Å². The van der Waals surface area contributed by atoms with E-state index in [0.717, 1.165) is 6.42 Å². The van der Waals surface area contributed by atoms with Gasteiger partial charge in [-0.1, -0.05) is 20.8 Å². The zero-order valence-corrected chi connectivity index (χ0v) is 12.0. The van der Waals surface area contributed by atoms with Crippen LogP contribution < -0.4 is 0 Å². The van der Waals surface area contributed by atoms with Gasteiger partial charge in [0, 0.05) is 0 Å². The van der Waals surface area contributed by atoms with Crippen LogP contribution >= 0.6 is 0 Å². The zero-order chi connectivity index (χ0) is 13.9. The van der Waals surface area contributed by atoms with E-state index in [2.05, 4.69) is 20.8 Å². The Hall–Kier alpha value is -1.06. The highest BCUT2D eigenvalue weighted by molar-refractivity contribution is 5.82. The van der Waals surface area contributed by atoms with Gasteiger partial charge in [0.05, 0.1) is 26.1 Å². The van der Waals surface area contributed by atoms with Gasteiger partial charge in [0.1, 0.15) is 0 Å². The molecular weight excluding hydrogens is 232 g/mol. The third kappa shape index (κ3) is 3.24. The van der Waals surface area contributed by atoms with E-state index in [-0.39, 0.29) is 29.2 Å². The number of ether oxygens (including phenoxy) is 2. The quantitative estimate of drug-likeness (QED) is 0.712. The van der Waals surface area contributed by atoms with Gasteiger partial charge in [-0.25, -0.2) is 0 Å². The standard InChI is InChI=1S/C14H24O4/c1-14(2,3)9-6-7-10(12(15)17-4)11(8-9)13(16)18-5/h9-11H,6-8H2,1-5H3. The molecule has 0 aromatic rings. The summed E-state index contributed by atoms with van der Waals surface area (Å²) in [6.45, 7) is 6.51. The van der Waals surface area contributed by atoms with Crippen molar-refractivity contribution in [2.45, 2.75) is 40.0 Å². The molecule has 0 aromatic heterocycles. The van der Waals surface area contributed by atoms with Crippen LogP contribution in [-0.2, 0) is 19.1 Å². The number of esters is 2. The molecule has 1 aliphatic carbocycles. The predicted octanol–water partition coefficient (Wildman–Crippen LogP) is 2.41. The van der Waals surface area contributed by atoms with E-state index in [9.17, 15) is 9.59 Å². The van der Waals surface area contributed by atoms with Crippen LogP contribution in [0.25, 0.3) is 0 Å². The molecule has 1 fully saturated rings. The number of hydrogen-bond acceptors (Lipinski definition) is 4. The Morgan fingerprint density at radius 2 is 1.44 bits per heavy atom. The fraction of sp³-hybridized carbons (Fsp3) is 0.857. The maximum atomic E-state index is 11.8. The molecule has 4 heteroatoms. The molecule has 0 spiro atoms. The minimum Gasteiger partial charge on any atom is -0.469 e. The van der Waals surface area contributed by atoms with Crippen LogP contribution in [0.3, 0.4) is 0 Å². The Morgan fingerprint density at radius 1 is 0.944 bits per heavy atom. The first-order chi connectivity index (χ1) is 8.31. The molecule has 104 valence electrons. The van der Waals surface area contributed by atoms with E-state index < -0.39 is 0 Å². The van der Waals surface area contributed by atoms with Crippen molar-refractivity contribution in [1.29, 1.82) is 0 Å². The summed E-state index contributed by atoms with van der Waals surface area (Å²) in [4.78, 5) is 23.6. The molecule has 0 bridgehead atoms. The first-order valence-corrected chi connectivity index (χ1v) is 6.47. The maximum Gasteiger partial charge on any atom is 0.309 e. The zero-order valence-electron chi connectivity index (χ0n) is 12.0. The Labute approximate surface area is 109 Å². The average molecular weight is 256 g/mol. The van der Waals surface area contributed by atoms with Gasteiger partial charge >= 0.3 is 11.9 Å². The first-order valence-electron chi connectivity index (χ1n) is 6.47. The highest BCUT2D eigenvalue weighted by atomic mass is 16.5. The molecule has 18 heavy (non-hydrogen) atoms. The fourth-order valence-electron chi connectivity index (χ4n) is 2.80. The highest BCUT2D eigenvalue weighted by Crippen LogP contribution is 2.43. The van der Waals surface area contributed by atoms with Gasteiger partial charge < -0.3 is 9.47 Å². The van der Waals surface area contributed by atoms with Gasteiger partial charge in [0.15, 0.2) is 0 Å². The summed E-state index contributed by atoms with van der Waals surface area (Å²) in [7, 11) is 2.74. The van der Waals surface area contributed by atoms with E-state index in [1.165, 1.54) is 14.2 Å². The van der Waals surface area contributed by atoms with Crippen molar-refractivity contribution in [2.24, 2.45) is 23.2 Å². The second-order valence-corrected chi connectivity index (χ2v) is 6.14. The Kier molecular flexibility index (Phi) is 4.77. The predicted molar refractivity (Wildman–Crippen MR) is 67.8 cm³/mol. The maximum absolute atomic E-state index is 11.8. The monoisotopic (exact) mass is 256 g/mol. The van der Waals surface area contributed by atoms with Crippen LogP contribution in [-0.4, -0.2) is 26.2 Å². The molecule has 0 radical (unpaired) electrons. The second kappa shape index (κ2) is 5.72. The summed E-state index contributed by atoms with van der Waals surface area (Å²) < 4.78 is 9.62. The van der Waals surface area contributed by atoms with E-state index in [1.54, 1.807) is 0 Å². The topological polar surface area (TPSA) is 52.6 Å². The van der Waals surface area contributed by atoms with Crippen molar-refractivity contribution in [1.82, 2.24) is 0 Å². The van der Waals surface area contributed by atoms with Crippen molar-refractivity contribution in [3.8, 4) is 0 Å². The van der Waals surface area contributed by atoms with Crippen LogP contribution in [0.2, 0.25) is 0 Å². The van der Waals surface area contributed by atoms with Gasteiger partial charge in [-0.05, 0) is 30.6 Å². The Morgan fingerprint density at radius 3 is 1.89 bits per heavy atom. The molecular formula is C14H24O4. The molecule has 0 saturated heterocycles. The Balaban J connectivity index is 2.86. The van der Waals surface area contributed by atoms with E-state index >= 15 is 0 Å². The van der Waals surface area contributed by atoms with E-state index in [4.69, 9.17) is 9.47 Å². The first kappa shape index (κ1) is 15.0. The summed E-state index contributed by atoms with van der Waals surface area (Å²) in [6, 6.07) is 0. The van der Waals surface area contributed by atoms with Gasteiger partial charge in [-0.2, -0.15) is 0 Å². The third-order valence-electron chi connectivity index (χ3n) is 4.08. The number of hydrogen-bond donors (Lipinski definition) is 0. The number of carbonyl (C=O) groups excluding carboxylic acids is 2. The van der Waals surface area contributed by atoms with Crippen molar-refractivity contribution < 1.29 is 19.1 Å². The lowest BCUT2D eigenvalue weighted by molar-refractivity contribution is -0.161. The minimum absolute atomic E-state index is 0.146. The molecule has 3 unspecified atom stereocenters. The van der Waals surface area contributed by atoms with Crippen LogP contribution in [0, 0.1) is 23.2 Å². The number of carbonyl (C=O) groups is 2. The summed E-state index contributed by atoms with van der Waals surface area (Å²) in [5.74, 6) is -0.860. The molecule has 0 aromatic carbocycles. The Bertz CT molecular complexity index is 316. The number of rotatable bonds is 2. The smallest absolute Gasteiger partial charge is 0.309 e. The van der Waals surface area contributed by atoms with Crippen molar-refractivity contribution in [3.05, 3.63) is 0 Å². The normalized spacial score (nSPS) is 28.6. The highest BCUT2D eigenvalue weighted by Gasteiger charge is 2.43. The van der Waals surface area contributed by atoms with Gasteiger partial charge in [0.25, 0.3) is 0 Å². The van der Waals surface area contributed by atoms with Crippen molar-refractivity contribution in [3.63, 3.8) is 0 Å². The molecule has 0 amide bonds. The lowest BCUT2D eigenvalue weighted by Gasteiger charge is -2.39. The fourth-order valence-corrected chi connectivity index (χ4v) is 2.80. The van der Waals surface area contributed by atoms with Gasteiger partial charge in [-0.3, -0.25) is 9.59 Å². The molecule has 0 aliphatic heterocycles. The van der Waals surface area contributed by atoms with Crippen molar-refractivity contribution >= 4 is 11.9 Å². The molecule has 1 saturated carbocycles. The minimum atomic E-state index is -0.361. The molecule has 4 nitrogen and oxygen atoms in total. The summed E-state index contributed by atoms with van der Waals surface area (Å²) in [5, 5.41) is 0. The molecule has 0 heterocycles. The van der Waals surface area contributed by atoms with Gasteiger partial charge in [0.2, 0.25) is 0 Å². The molecule has 3 atom stereocenters. The molecule has 1 aliphatic rings. The molecule has 0 N–H and O–H groups in total. The average Bonchev–Trinajstić information content (AvgIpc) is 2.35. The molecule has 1 rings (SSSR count). The van der Waals surface area contributed by atoms with E-state index in [0.29, 0.717) is 18.8 Å². The third-order valence-corrected chi connectivity index (χ3v) is 4.08. The van der Waals surface area contributed by atoms with Crippen LogP contribution in [0.15, 0.2) is 0 Å². The number of methoxy groups -OCH3 is 2. The van der Waals surface area contributed by atoms with Crippen molar-refractivity contribution in [2.75, 3.05) is 14.2 Å². The second-order valence-electron chi connectivity index (χ2n) is 6.14. The SMILES string of the molecule is COC(=O)C1CCC(C(C)(C)C)CC1C(=O)OC. The largest absolute Gasteiger partial charge is 0.469 e. The van der Waals surface area contributed by atoms with Crippen LogP contribution in [0.4, 0.5) is 0 Å². The lowest BCUT2D eigenvalue weighted by atomic mass is 9.65. The lowest BCUT2D eigenvalue weighted by Crippen LogP contribution is -2.40. The summed E-state index contributed by atoms with van der Waals surface area (Å²) in [6.07, 6.45) is 2.36. The summed E-state index contributed by atoms with van der Waals surface area (Å²) in [5.41, 5.74) is 0.146.